The van der Waals surface area contributed by atoms with E-state index >= 15 is 0 Å². The third kappa shape index (κ3) is 2.58. The monoisotopic (exact) mass is 245 g/mol. The summed E-state index contributed by atoms with van der Waals surface area (Å²) >= 11 is 0. The van der Waals surface area contributed by atoms with E-state index in [0.717, 1.165) is 0 Å². The van der Waals surface area contributed by atoms with Crippen molar-refractivity contribution in [1.82, 2.24) is 9.78 Å². The third-order valence-electron chi connectivity index (χ3n) is 2.63. The zero-order chi connectivity index (χ0) is 12.5. The van der Waals surface area contributed by atoms with Gasteiger partial charge >= 0.3 is 0 Å². The molecule has 0 aliphatic carbocycles. The fourth-order valence-electron chi connectivity index (χ4n) is 2.02. The molecule has 0 N–H and O–H groups in total. The highest BCUT2D eigenvalue weighted by Crippen LogP contribution is 2.30. The lowest BCUT2D eigenvalue weighted by molar-refractivity contribution is 0.768. The Morgan fingerprint density at radius 2 is 1.71 bits per heavy atom. The molecule has 0 fully saturated rings. The van der Waals surface area contributed by atoms with E-state index in [-0.39, 0.29) is 0 Å². The molecule has 90 valence electrons. The summed E-state index contributed by atoms with van der Waals surface area (Å²) in [5.41, 5.74) is 2.43. The SMILES string of the molecule is Cn1cc(N(c2ccccc2)[Si](C)(C)C)cn1. The van der Waals surface area contributed by atoms with Crippen LogP contribution in [0.4, 0.5) is 11.4 Å². The van der Waals surface area contributed by atoms with Crippen molar-refractivity contribution in [2.45, 2.75) is 19.6 Å². The van der Waals surface area contributed by atoms with Gasteiger partial charge in [-0.15, -0.1) is 0 Å². The molecule has 0 atom stereocenters. The van der Waals surface area contributed by atoms with E-state index in [2.05, 4.69) is 65.8 Å². The molecule has 0 saturated carbocycles. The van der Waals surface area contributed by atoms with E-state index in [1.54, 1.807) is 0 Å². The lowest BCUT2D eigenvalue weighted by Crippen LogP contribution is -2.42. The summed E-state index contributed by atoms with van der Waals surface area (Å²) in [6, 6.07) is 10.5. The van der Waals surface area contributed by atoms with E-state index < -0.39 is 8.24 Å². The van der Waals surface area contributed by atoms with Crippen LogP contribution in [0.1, 0.15) is 0 Å². The number of benzene rings is 1. The van der Waals surface area contributed by atoms with Gasteiger partial charge in [0.1, 0.15) is 0 Å². The maximum absolute atomic E-state index is 4.27. The van der Waals surface area contributed by atoms with Crippen LogP contribution in [0.2, 0.25) is 19.6 Å². The van der Waals surface area contributed by atoms with Gasteiger partial charge in [0.2, 0.25) is 0 Å². The molecule has 0 saturated heterocycles. The van der Waals surface area contributed by atoms with Gasteiger partial charge in [-0.2, -0.15) is 5.10 Å². The number of hydrogen-bond donors (Lipinski definition) is 0. The minimum Gasteiger partial charge on any atom is -0.367 e. The van der Waals surface area contributed by atoms with Crippen molar-refractivity contribution < 1.29 is 0 Å². The van der Waals surface area contributed by atoms with Crippen LogP contribution in [0.25, 0.3) is 0 Å². The van der Waals surface area contributed by atoms with Crippen molar-refractivity contribution in [2.24, 2.45) is 7.05 Å². The first kappa shape index (κ1) is 11.9. The van der Waals surface area contributed by atoms with Crippen LogP contribution in [0.15, 0.2) is 42.7 Å². The normalized spacial score (nSPS) is 11.5. The third-order valence-corrected chi connectivity index (χ3v) is 4.49. The van der Waals surface area contributed by atoms with Crippen LogP contribution in [-0.2, 0) is 7.05 Å². The zero-order valence-electron chi connectivity index (χ0n) is 10.9. The van der Waals surface area contributed by atoms with Crippen LogP contribution in [0, 0.1) is 0 Å². The predicted molar refractivity (Wildman–Crippen MR) is 75.1 cm³/mol. The maximum atomic E-state index is 4.27. The first-order valence-corrected chi connectivity index (χ1v) is 9.27. The molecule has 0 spiro atoms. The molecule has 0 radical (unpaired) electrons. The zero-order valence-corrected chi connectivity index (χ0v) is 11.9. The van der Waals surface area contributed by atoms with Crippen molar-refractivity contribution in [2.75, 3.05) is 4.57 Å². The van der Waals surface area contributed by atoms with Crippen molar-refractivity contribution in [3.05, 3.63) is 42.7 Å². The van der Waals surface area contributed by atoms with Gasteiger partial charge in [0, 0.05) is 18.9 Å². The van der Waals surface area contributed by atoms with Gasteiger partial charge in [0.05, 0.1) is 11.9 Å². The lowest BCUT2D eigenvalue weighted by Gasteiger charge is -2.35. The lowest BCUT2D eigenvalue weighted by atomic mass is 10.3. The van der Waals surface area contributed by atoms with Gasteiger partial charge in [0.25, 0.3) is 0 Å². The summed E-state index contributed by atoms with van der Waals surface area (Å²) in [5.74, 6) is 0. The van der Waals surface area contributed by atoms with E-state index in [4.69, 9.17) is 0 Å². The van der Waals surface area contributed by atoms with Gasteiger partial charge in [0.15, 0.2) is 8.24 Å². The number of rotatable bonds is 3. The average molecular weight is 245 g/mol. The second kappa shape index (κ2) is 4.37. The summed E-state index contributed by atoms with van der Waals surface area (Å²) in [4.78, 5) is 0. The highest BCUT2D eigenvalue weighted by atomic mass is 28.3. The summed E-state index contributed by atoms with van der Waals surface area (Å²) < 4.78 is 4.28. The fraction of sp³-hybridized carbons (Fsp3) is 0.308. The smallest absolute Gasteiger partial charge is 0.153 e. The van der Waals surface area contributed by atoms with E-state index in [1.165, 1.54) is 11.4 Å². The molecular formula is C13H19N3Si. The topological polar surface area (TPSA) is 21.1 Å². The molecule has 0 unspecified atom stereocenters. The molecule has 0 aliphatic heterocycles. The number of aromatic nitrogens is 2. The molecule has 2 aromatic rings. The van der Waals surface area contributed by atoms with Crippen LogP contribution in [-0.4, -0.2) is 18.0 Å². The Balaban J connectivity index is 2.47. The van der Waals surface area contributed by atoms with Gasteiger partial charge in [-0.3, -0.25) is 4.68 Å². The van der Waals surface area contributed by atoms with Crippen LogP contribution < -0.4 is 4.57 Å². The molecule has 1 aromatic carbocycles. The summed E-state index contributed by atoms with van der Waals surface area (Å²) in [5, 5.41) is 4.27. The van der Waals surface area contributed by atoms with Gasteiger partial charge in [-0.25, -0.2) is 0 Å². The molecule has 3 nitrogen and oxygen atoms in total. The average Bonchev–Trinajstić information content (AvgIpc) is 2.64. The summed E-state index contributed by atoms with van der Waals surface area (Å²) in [7, 11) is 0.480. The van der Waals surface area contributed by atoms with Crippen molar-refractivity contribution >= 4 is 19.6 Å². The van der Waals surface area contributed by atoms with E-state index in [9.17, 15) is 0 Å². The fourth-order valence-corrected chi connectivity index (χ4v) is 3.84. The minimum atomic E-state index is -1.47. The molecule has 4 heteroatoms. The van der Waals surface area contributed by atoms with E-state index in [1.807, 2.05) is 17.9 Å². The molecule has 1 heterocycles. The van der Waals surface area contributed by atoms with Gasteiger partial charge in [-0.05, 0) is 12.1 Å². The number of anilines is 2. The van der Waals surface area contributed by atoms with Crippen molar-refractivity contribution in [3.63, 3.8) is 0 Å². The summed E-state index contributed by atoms with van der Waals surface area (Å²) in [6.45, 7) is 7.02. The first-order chi connectivity index (χ1) is 7.98. The highest BCUT2D eigenvalue weighted by molar-refractivity contribution is 6.81. The second-order valence-electron chi connectivity index (χ2n) is 5.21. The van der Waals surface area contributed by atoms with Crippen LogP contribution in [0.3, 0.4) is 0 Å². The Labute approximate surface area is 104 Å². The predicted octanol–water partition coefficient (Wildman–Crippen LogP) is 3.39. The Morgan fingerprint density at radius 3 is 2.18 bits per heavy atom. The second-order valence-corrected chi connectivity index (χ2v) is 10.0. The van der Waals surface area contributed by atoms with Crippen LogP contribution >= 0.6 is 0 Å². The molecular weight excluding hydrogens is 226 g/mol. The Morgan fingerprint density at radius 1 is 1.06 bits per heavy atom. The Kier molecular flexibility index (Phi) is 3.06. The molecule has 2 rings (SSSR count). The first-order valence-electron chi connectivity index (χ1n) is 5.82. The molecule has 0 bridgehead atoms. The number of para-hydroxylation sites is 1. The number of aryl methyl sites for hydroxylation is 1. The Hall–Kier alpha value is -1.55. The molecule has 0 aliphatic rings. The maximum Gasteiger partial charge on any atom is 0.153 e. The number of nitrogens with zero attached hydrogens (tertiary/aromatic N) is 3. The quantitative estimate of drug-likeness (QED) is 0.773. The molecule has 0 amide bonds. The molecule has 1 aromatic heterocycles. The number of hydrogen-bond acceptors (Lipinski definition) is 2. The highest BCUT2D eigenvalue weighted by Gasteiger charge is 2.26. The van der Waals surface area contributed by atoms with Crippen molar-refractivity contribution in [1.29, 1.82) is 0 Å². The van der Waals surface area contributed by atoms with Gasteiger partial charge in [-0.1, -0.05) is 37.8 Å². The van der Waals surface area contributed by atoms with Crippen molar-refractivity contribution in [3.8, 4) is 0 Å². The summed E-state index contributed by atoms with van der Waals surface area (Å²) in [6.07, 6.45) is 4.01. The van der Waals surface area contributed by atoms with E-state index in [0.29, 0.717) is 0 Å². The standard InChI is InChI=1S/C13H19N3Si/c1-15-11-13(10-14-15)16(17(2,3)4)12-8-6-5-7-9-12/h5-11H,1-4H3. The van der Waals surface area contributed by atoms with Crippen LogP contribution in [0.5, 0.6) is 0 Å². The van der Waals surface area contributed by atoms with Gasteiger partial charge < -0.3 is 4.57 Å². The molecule has 17 heavy (non-hydrogen) atoms. The minimum absolute atomic E-state index is 1.18. The Bertz CT molecular complexity index is 485. The largest absolute Gasteiger partial charge is 0.367 e.